The Labute approximate surface area is 120 Å². The zero-order valence-corrected chi connectivity index (χ0v) is 11.6. The quantitative estimate of drug-likeness (QED) is 0.791. The number of hydrogen-bond acceptors (Lipinski definition) is 5. The number of rotatable bonds is 3. The van der Waals surface area contributed by atoms with Gasteiger partial charge in [0, 0.05) is 24.6 Å². The van der Waals surface area contributed by atoms with Crippen LogP contribution in [-0.2, 0) is 11.8 Å². The van der Waals surface area contributed by atoms with E-state index in [2.05, 4.69) is 20.5 Å². The van der Waals surface area contributed by atoms with Gasteiger partial charge in [0.15, 0.2) is 5.69 Å². The van der Waals surface area contributed by atoms with Crippen LogP contribution < -0.4 is 16.4 Å². The van der Waals surface area contributed by atoms with Gasteiger partial charge in [-0.3, -0.25) is 14.8 Å². The average Bonchev–Trinajstić information content (AvgIpc) is 2.78. The molecule has 0 saturated heterocycles. The first kappa shape index (κ1) is 14.4. The molecule has 1 aromatic carbocycles. The highest BCUT2D eigenvalue weighted by atomic mass is 16.5. The molecule has 0 aliphatic rings. The largest absolute Gasteiger partial charge is 0.453 e. The third-order valence-corrected chi connectivity index (χ3v) is 2.62. The molecule has 0 saturated carbocycles. The number of carbonyl (C=O) groups excluding carboxylic acids is 2. The monoisotopic (exact) mass is 289 g/mol. The first-order valence-electron chi connectivity index (χ1n) is 6.05. The topological polar surface area (TPSA) is 111 Å². The number of aryl methyl sites for hydroxylation is 1. The van der Waals surface area contributed by atoms with Crippen LogP contribution in [0.1, 0.15) is 10.5 Å². The molecule has 0 aliphatic carbocycles. The molecule has 1 heterocycles. The van der Waals surface area contributed by atoms with Crippen LogP contribution in [-0.4, -0.2) is 28.9 Å². The number of carbonyl (C=O) groups is 2. The molecule has 4 N–H and O–H groups in total. The maximum Gasteiger partial charge on any atom is 0.411 e. The van der Waals surface area contributed by atoms with E-state index < -0.39 is 12.0 Å². The van der Waals surface area contributed by atoms with Gasteiger partial charge in [0.05, 0.1) is 12.8 Å². The second-order valence-corrected chi connectivity index (χ2v) is 4.26. The number of hydrogen-bond donors (Lipinski definition) is 3. The molecule has 0 unspecified atom stereocenters. The molecule has 2 rings (SSSR count). The lowest BCUT2D eigenvalue weighted by Crippen LogP contribution is -2.15. The number of methoxy groups -OCH3 is 1. The Morgan fingerprint density at radius 3 is 2.52 bits per heavy atom. The van der Waals surface area contributed by atoms with Crippen LogP contribution in [0.2, 0.25) is 0 Å². The molecule has 0 atom stereocenters. The average molecular weight is 289 g/mol. The Balaban J connectivity index is 2.12. The fourth-order valence-electron chi connectivity index (χ4n) is 1.72. The van der Waals surface area contributed by atoms with Crippen LogP contribution >= 0.6 is 0 Å². The van der Waals surface area contributed by atoms with Gasteiger partial charge in [-0.25, -0.2) is 4.79 Å². The van der Waals surface area contributed by atoms with E-state index in [0.717, 1.165) is 0 Å². The molecular weight excluding hydrogens is 274 g/mol. The first-order chi connectivity index (χ1) is 9.99. The van der Waals surface area contributed by atoms with Crippen molar-refractivity contribution >= 4 is 29.1 Å². The number of nitrogens with zero attached hydrogens (tertiary/aromatic N) is 2. The molecule has 0 radical (unpaired) electrons. The second kappa shape index (κ2) is 5.95. The summed E-state index contributed by atoms with van der Waals surface area (Å²) in [7, 11) is 2.94. The van der Waals surface area contributed by atoms with Gasteiger partial charge in [0.1, 0.15) is 0 Å². The van der Waals surface area contributed by atoms with Crippen molar-refractivity contribution in [3.8, 4) is 0 Å². The van der Waals surface area contributed by atoms with Crippen LogP contribution in [0, 0.1) is 0 Å². The lowest BCUT2D eigenvalue weighted by molar-refractivity contribution is 0.102. The van der Waals surface area contributed by atoms with Gasteiger partial charge in [0.25, 0.3) is 5.91 Å². The maximum absolute atomic E-state index is 12.1. The smallest absolute Gasteiger partial charge is 0.411 e. The highest BCUT2D eigenvalue weighted by Gasteiger charge is 2.14. The zero-order chi connectivity index (χ0) is 15.4. The van der Waals surface area contributed by atoms with E-state index in [1.54, 1.807) is 37.5 Å². The Kier molecular flexibility index (Phi) is 4.07. The number of amides is 2. The van der Waals surface area contributed by atoms with E-state index in [4.69, 9.17) is 5.73 Å². The van der Waals surface area contributed by atoms with Gasteiger partial charge < -0.3 is 15.8 Å². The van der Waals surface area contributed by atoms with Crippen molar-refractivity contribution in [2.45, 2.75) is 0 Å². The van der Waals surface area contributed by atoms with E-state index in [1.165, 1.54) is 11.8 Å². The van der Waals surface area contributed by atoms with E-state index in [0.29, 0.717) is 17.1 Å². The summed E-state index contributed by atoms with van der Waals surface area (Å²) >= 11 is 0. The number of nitrogens with one attached hydrogen (secondary N) is 2. The summed E-state index contributed by atoms with van der Waals surface area (Å²) in [6, 6.07) is 6.62. The minimum Gasteiger partial charge on any atom is -0.453 e. The molecule has 110 valence electrons. The van der Waals surface area contributed by atoms with E-state index in [1.807, 2.05) is 0 Å². The van der Waals surface area contributed by atoms with Crippen LogP contribution in [0.25, 0.3) is 0 Å². The van der Waals surface area contributed by atoms with Gasteiger partial charge >= 0.3 is 6.09 Å². The van der Waals surface area contributed by atoms with Crippen molar-refractivity contribution in [3.05, 3.63) is 36.2 Å². The lowest BCUT2D eigenvalue weighted by Gasteiger charge is -2.07. The number of nitrogens with two attached hydrogens (primary N) is 1. The van der Waals surface area contributed by atoms with Crippen molar-refractivity contribution in [2.24, 2.45) is 7.05 Å². The van der Waals surface area contributed by atoms with Crippen molar-refractivity contribution in [1.82, 2.24) is 9.78 Å². The predicted octanol–water partition coefficient (Wildman–Crippen LogP) is 1.43. The molecule has 2 aromatic rings. The number of nitrogen functional groups attached to an aromatic ring is 1. The molecule has 0 bridgehead atoms. The number of ether oxygens (including phenoxy) is 1. The Bertz CT molecular complexity index is 680. The molecular formula is C13H15N5O3. The van der Waals surface area contributed by atoms with Crippen LogP contribution in [0.15, 0.2) is 30.5 Å². The minimum absolute atomic E-state index is 0.142. The molecule has 0 aliphatic heterocycles. The van der Waals surface area contributed by atoms with E-state index >= 15 is 0 Å². The van der Waals surface area contributed by atoms with Gasteiger partial charge in [0.2, 0.25) is 0 Å². The highest BCUT2D eigenvalue weighted by Crippen LogP contribution is 2.17. The van der Waals surface area contributed by atoms with Gasteiger partial charge in [-0.15, -0.1) is 0 Å². The van der Waals surface area contributed by atoms with Gasteiger partial charge in [-0.05, 0) is 18.2 Å². The molecule has 21 heavy (non-hydrogen) atoms. The lowest BCUT2D eigenvalue weighted by atomic mass is 10.2. The first-order valence-corrected chi connectivity index (χ1v) is 6.05. The highest BCUT2D eigenvalue weighted by molar-refractivity contribution is 6.06. The third kappa shape index (κ3) is 3.50. The molecule has 8 heteroatoms. The van der Waals surface area contributed by atoms with Crippen LogP contribution in [0.5, 0.6) is 0 Å². The Morgan fingerprint density at radius 1 is 1.29 bits per heavy atom. The summed E-state index contributed by atoms with van der Waals surface area (Å²) in [4.78, 5) is 23.2. The number of benzene rings is 1. The summed E-state index contributed by atoms with van der Waals surface area (Å²) in [5.74, 6) is -0.427. The third-order valence-electron chi connectivity index (χ3n) is 2.62. The summed E-state index contributed by atoms with van der Waals surface area (Å²) in [6.45, 7) is 0. The van der Waals surface area contributed by atoms with E-state index in [9.17, 15) is 9.59 Å². The normalized spacial score (nSPS) is 10.0. The van der Waals surface area contributed by atoms with Gasteiger partial charge in [-0.1, -0.05) is 6.07 Å². The summed E-state index contributed by atoms with van der Waals surface area (Å²) in [5.41, 5.74) is 7.12. The minimum atomic E-state index is -0.590. The fraction of sp³-hybridized carbons (Fsp3) is 0.154. The van der Waals surface area contributed by atoms with Gasteiger partial charge in [-0.2, -0.15) is 5.10 Å². The predicted molar refractivity (Wildman–Crippen MR) is 78.0 cm³/mol. The number of aromatic nitrogens is 2. The van der Waals surface area contributed by atoms with Crippen LogP contribution in [0.4, 0.5) is 21.9 Å². The molecule has 1 aromatic heterocycles. The molecule has 8 nitrogen and oxygen atoms in total. The van der Waals surface area contributed by atoms with Crippen molar-refractivity contribution < 1.29 is 14.3 Å². The Hall–Kier alpha value is -3.03. The van der Waals surface area contributed by atoms with Crippen molar-refractivity contribution in [3.63, 3.8) is 0 Å². The van der Waals surface area contributed by atoms with Crippen LogP contribution in [0.3, 0.4) is 0 Å². The SMILES string of the molecule is COC(=O)Nc1cccc(NC(=O)c2nn(C)cc2N)c1. The molecule has 0 fully saturated rings. The molecule has 0 spiro atoms. The molecule has 2 amide bonds. The van der Waals surface area contributed by atoms with Crippen molar-refractivity contribution in [1.29, 1.82) is 0 Å². The number of anilines is 3. The zero-order valence-electron chi connectivity index (χ0n) is 11.6. The second-order valence-electron chi connectivity index (χ2n) is 4.26. The maximum atomic E-state index is 12.1. The summed E-state index contributed by atoms with van der Waals surface area (Å²) in [5, 5.41) is 9.14. The van der Waals surface area contributed by atoms with E-state index in [-0.39, 0.29) is 5.69 Å². The summed E-state index contributed by atoms with van der Waals surface area (Å²) < 4.78 is 5.95. The Morgan fingerprint density at radius 2 is 1.95 bits per heavy atom. The van der Waals surface area contributed by atoms with Crippen molar-refractivity contribution in [2.75, 3.05) is 23.5 Å². The summed E-state index contributed by atoms with van der Waals surface area (Å²) in [6.07, 6.45) is 0.955. The fourth-order valence-corrected chi connectivity index (χ4v) is 1.72. The standard InChI is InChI=1S/C13H15N5O3/c1-18-7-10(14)11(17-18)12(19)15-8-4-3-5-9(6-8)16-13(20)21-2/h3-7H,14H2,1-2H3,(H,15,19)(H,16,20).